The molecule has 0 aliphatic carbocycles. The Morgan fingerprint density at radius 2 is 1.85 bits per heavy atom. The number of carbonyl (C=O) groups is 2. The van der Waals surface area contributed by atoms with E-state index in [9.17, 15) is 14.0 Å². The summed E-state index contributed by atoms with van der Waals surface area (Å²) in [6.07, 6.45) is 0.256. The smallest absolute Gasteiger partial charge is 0.225 e. The van der Waals surface area contributed by atoms with Gasteiger partial charge >= 0.3 is 0 Å². The quantitative estimate of drug-likeness (QED) is 0.792. The molecule has 1 aliphatic heterocycles. The molecule has 1 N–H and O–H groups in total. The Morgan fingerprint density at radius 3 is 2.52 bits per heavy atom. The second-order valence-corrected chi connectivity index (χ2v) is 6.64. The van der Waals surface area contributed by atoms with Crippen LogP contribution < -0.4 is 5.32 Å². The molecule has 1 atom stereocenters. The fourth-order valence-electron chi connectivity index (χ4n) is 3.06. The minimum Gasteiger partial charge on any atom is -0.371 e. The Morgan fingerprint density at radius 1 is 1.15 bits per heavy atom. The number of nitrogens with zero attached hydrogens (tertiary/aromatic N) is 1. The Labute approximate surface area is 158 Å². The highest BCUT2D eigenvalue weighted by molar-refractivity contribution is 5.95. The van der Waals surface area contributed by atoms with E-state index in [-0.39, 0.29) is 23.6 Å². The maximum absolute atomic E-state index is 13.1. The number of ketones is 1. The lowest BCUT2D eigenvalue weighted by molar-refractivity contribution is -0.117. The van der Waals surface area contributed by atoms with Crippen molar-refractivity contribution in [2.45, 2.75) is 19.4 Å². The summed E-state index contributed by atoms with van der Waals surface area (Å²) in [5.74, 6) is -0.342. The van der Waals surface area contributed by atoms with Crippen LogP contribution in [0.5, 0.6) is 0 Å². The third-order valence-corrected chi connectivity index (χ3v) is 4.62. The zero-order valence-electron chi connectivity index (χ0n) is 15.3. The number of nitrogens with one attached hydrogen (secondary N) is 1. The largest absolute Gasteiger partial charge is 0.371 e. The van der Waals surface area contributed by atoms with E-state index in [4.69, 9.17) is 4.74 Å². The maximum atomic E-state index is 13.1. The monoisotopic (exact) mass is 370 g/mol. The Hall–Kier alpha value is -2.57. The molecule has 5 nitrogen and oxygen atoms in total. The standard InChI is InChI=1S/C21H23FN2O3/c1-15(25)16-4-8-19(9-5-16)23-21(26)10-11-24-12-13-27-20(14-24)17-2-6-18(22)7-3-17/h2-9,20H,10-14H2,1H3,(H,23,26). The molecule has 0 saturated carbocycles. The number of rotatable bonds is 6. The van der Waals surface area contributed by atoms with Gasteiger partial charge in [0.15, 0.2) is 5.78 Å². The van der Waals surface area contributed by atoms with Gasteiger partial charge in [0.05, 0.1) is 12.7 Å². The second kappa shape index (κ2) is 8.88. The lowest BCUT2D eigenvalue weighted by Crippen LogP contribution is -2.39. The third kappa shape index (κ3) is 5.45. The molecule has 142 valence electrons. The van der Waals surface area contributed by atoms with E-state index >= 15 is 0 Å². The number of amides is 1. The minimum atomic E-state index is -0.264. The van der Waals surface area contributed by atoms with Crippen LogP contribution >= 0.6 is 0 Å². The highest BCUT2D eigenvalue weighted by atomic mass is 19.1. The molecule has 3 rings (SSSR count). The Balaban J connectivity index is 1.48. The molecule has 0 bridgehead atoms. The number of ether oxygens (including phenoxy) is 1. The highest BCUT2D eigenvalue weighted by Crippen LogP contribution is 2.22. The van der Waals surface area contributed by atoms with Crippen LogP contribution in [-0.4, -0.2) is 42.8 Å². The molecule has 0 aromatic heterocycles. The van der Waals surface area contributed by atoms with Gasteiger partial charge in [0.25, 0.3) is 0 Å². The first-order valence-electron chi connectivity index (χ1n) is 9.01. The number of anilines is 1. The van der Waals surface area contributed by atoms with Crippen molar-refractivity contribution >= 4 is 17.4 Å². The summed E-state index contributed by atoms with van der Waals surface area (Å²) in [6, 6.07) is 13.2. The van der Waals surface area contributed by atoms with Crippen LogP contribution in [-0.2, 0) is 9.53 Å². The van der Waals surface area contributed by atoms with Crippen LogP contribution in [0.2, 0.25) is 0 Å². The summed E-state index contributed by atoms with van der Waals surface area (Å²) in [6.45, 7) is 4.15. The fourth-order valence-corrected chi connectivity index (χ4v) is 3.06. The van der Waals surface area contributed by atoms with Crippen molar-refractivity contribution < 1.29 is 18.7 Å². The fraction of sp³-hybridized carbons (Fsp3) is 0.333. The van der Waals surface area contributed by atoms with Gasteiger partial charge in [-0.1, -0.05) is 12.1 Å². The first kappa shape index (κ1) is 19.2. The molecule has 0 radical (unpaired) electrons. The van der Waals surface area contributed by atoms with Crippen LogP contribution in [0.1, 0.15) is 35.4 Å². The number of hydrogen-bond donors (Lipinski definition) is 1. The van der Waals surface area contributed by atoms with E-state index in [1.54, 1.807) is 36.4 Å². The molecule has 6 heteroatoms. The number of halogens is 1. The third-order valence-electron chi connectivity index (χ3n) is 4.62. The Kier molecular flexibility index (Phi) is 6.32. The second-order valence-electron chi connectivity index (χ2n) is 6.64. The van der Waals surface area contributed by atoms with Crippen LogP contribution in [0.25, 0.3) is 0 Å². The number of Topliss-reactive ketones (excluding diaryl/α,β-unsaturated/α-hetero) is 1. The van der Waals surface area contributed by atoms with Crippen molar-refractivity contribution in [3.05, 3.63) is 65.5 Å². The van der Waals surface area contributed by atoms with Gasteiger partial charge in [-0.2, -0.15) is 0 Å². The molecule has 0 spiro atoms. The molecule has 2 aromatic rings. The zero-order valence-corrected chi connectivity index (χ0v) is 15.3. The zero-order chi connectivity index (χ0) is 19.2. The molecule has 1 saturated heterocycles. The average Bonchev–Trinajstić information content (AvgIpc) is 2.67. The van der Waals surface area contributed by atoms with Crippen molar-refractivity contribution in [2.24, 2.45) is 0 Å². The van der Waals surface area contributed by atoms with Gasteiger partial charge in [0, 0.05) is 37.3 Å². The van der Waals surface area contributed by atoms with Crippen LogP contribution in [0.15, 0.2) is 48.5 Å². The molecule has 1 amide bonds. The van der Waals surface area contributed by atoms with E-state index in [1.807, 2.05) is 0 Å². The van der Waals surface area contributed by atoms with Crippen molar-refractivity contribution in [3.63, 3.8) is 0 Å². The molecule has 2 aromatic carbocycles. The van der Waals surface area contributed by atoms with Crippen molar-refractivity contribution in [3.8, 4) is 0 Å². The molecular formula is C21H23FN2O3. The molecule has 1 heterocycles. The predicted octanol–water partition coefficient (Wildman–Crippen LogP) is 3.43. The van der Waals surface area contributed by atoms with Crippen LogP contribution in [0.4, 0.5) is 10.1 Å². The van der Waals surface area contributed by atoms with Gasteiger partial charge in [-0.25, -0.2) is 4.39 Å². The van der Waals surface area contributed by atoms with Gasteiger partial charge in [0.1, 0.15) is 5.82 Å². The van der Waals surface area contributed by atoms with E-state index < -0.39 is 0 Å². The molecule has 27 heavy (non-hydrogen) atoms. The molecule has 1 unspecified atom stereocenters. The van der Waals surface area contributed by atoms with Gasteiger partial charge < -0.3 is 10.1 Å². The molecular weight excluding hydrogens is 347 g/mol. The SMILES string of the molecule is CC(=O)c1ccc(NC(=O)CCN2CCOC(c3ccc(F)cc3)C2)cc1. The highest BCUT2D eigenvalue weighted by Gasteiger charge is 2.22. The van der Waals surface area contributed by atoms with E-state index in [0.29, 0.717) is 37.4 Å². The summed E-state index contributed by atoms with van der Waals surface area (Å²) >= 11 is 0. The first-order valence-corrected chi connectivity index (χ1v) is 9.01. The summed E-state index contributed by atoms with van der Waals surface area (Å²) in [5, 5.41) is 2.85. The van der Waals surface area contributed by atoms with E-state index in [2.05, 4.69) is 10.2 Å². The average molecular weight is 370 g/mol. The number of hydrogen-bond acceptors (Lipinski definition) is 4. The van der Waals surface area contributed by atoms with Crippen LogP contribution in [0.3, 0.4) is 0 Å². The Bertz CT molecular complexity index is 790. The predicted molar refractivity (Wildman–Crippen MR) is 101 cm³/mol. The summed E-state index contributed by atoms with van der Waals surface area (Å²) in [4.78, 5) is 25.6. The van der Waals surface area contributed by atoms with Gasteiger partial charge in [0.2, 0.25) is 5.91 Å². The van der Waals surface area contributed by atoms with Gasteiger partial charge in [-0.05, 0) is 48.9 Å². The topological polar surface area (TPSA) is 58.6 Å². The summed E-state index contributed by atoms with van der Waals surface area (Å²) in [7, 11) is 0. The summed E-state index contributed by atoms with van der Waals surface area (Å²) in [5.41, 5.74) is 2.24. The minimum absolute atomic E-state index is 0.00379. The molecule has 1 fully saturated rings. The number of benzene rings is 2. The normalized spacial score (nSPS) is 17.5. The first-order chi connectivity index (χ1) is 13.0. The van der Waals surface area contributed by atoms with Crippen molar-refractivity contribution in [1.82, 2.24) is 4.90 Å². The van der Waals surface area contributed by atoms with Crippen molar-refractivity contribution in [2.75, 3.05) is 31.6 Å². The lowest BCUT2D eigenvalue weighted by Gasteiger charge is -2.33. The van der Waals surface area contributed by atoms with Gasteiger partial charge in [-0.15, -0.1) is 0 Å². The summed E-state index contributed by atoms with van der Waals surface area (Å²) < 4.78 is 18.8. The van der Waals surface area contributed by atoms with Gasteiger partial charge in [-0.3, -0.25) is 14.5 Å². The maximum Gasteiger partial charge on any atom is 0.225 e. The number of morpholine rings is 1. The van der Waals surface area contributed by atoms with E-state index in [1.165, 1.54) is 19.1 Å². The number of carbonyl (C=O) groups excluding carboxylic acids is 2. The van der Waals surface area contributed by atoms with Crippen molar-refractivity contribution in [1.29, 1.82) is 0 Å². The van der Waals surface area contributed by atoms with Crippen LogP contribution in [0, 0.1) is 5.82 Å². The van der Waals surface area contributed by atoms with E-state index in [0.717, 1.165) is 12.1 Å². The molecule has 1 aliphatic rings. The lowest BCUT2D eigenvalue weighted by atomic mass is 10.1.